The highest BCUT2D eigenvalue weighted by Gasteiger charge is 2.57. The zero-order chi connectivity index (χ0) is 23.4. The number of urea groups is 1. The van der Waals surface area contributed by atoms with Crippen LogP contribution in [0.3, 0.4) is 0 Å². The van der Waals surface area contributed by atoms with Crippen LogP contribution in [-0.2, 0) is 17.8 Å². The van der Waals surface area contributed by atoms with E-state index in [1.807, 2.05) is 55.3 Å². The number of carbonyl (C=O) groups excluding carboxylic acids is 2. The smallest absolute Gasteiger partial charge is 0.327 e. The van der Waals surface area contributed by atoms with Gasteiger partial charge in [0.25, 0.3) is 5.91 Å². The fourth-order valence-electron chi connectivity index (χ4n) is 4.97. The minimum Gasteiger partial charge on any atom is -0.497 e. The Balaban J connectivity index is 1.49. The minimum absolute atomic E-state index is 0.0167. The maximum Gasteiger partial charge on any atom is 0.327 e. The van der Waals surface area contributed by atoms with E-state index in [4.69, 9.17) is 4.74 Å². The van der Waals surface area contributed by atoms with Crippen molar-refractivity contribution in [1.29, 1.82) is 0 Å². The minimum atomic E-state index is -0.732. The van der Waals surface area contributed by atoms with Crippen molar-refractivity contribution < 1.29 is 14.3 Å². The van der Waals surface area contributed by atoms with Gasteiger partial charge in [-0.25, -0.2) is 4.79 Å². The first-order chi connectivity index (χ1) is 15.9. The molecule has 0 unspecified atom stereocenters. The van der Waals surface area contributed by atoms with Crippen LogP contribution in [0.1, 0.15) is 37.8 Å². The number of aromatic nitrogens is 1. The van der Waals surface area contributed by atoms with Gasteiger partial charge < -0.3 is 9.64 Å². The standard InChI is InChI=1S/C26H34N4O3/c1-20(2)18-29-24(31)26(11-15-28(16-12-26)19-22-5-4-13-27-17-22)30(25(29)32)14-10-21-6-8-23(33-3)9-7-21/h4-9,13,17,20H,10-12,14-16,18-19H2,1-3H3. The molecule has 0 aliphatic carbocycles. The van der Waals surface area contributed by atoms with E-state index in [-0.39, 0.29) is 17.9 Å². The summed E-state index contributed by atoms with van der Waals surface area (Å²) < 4.78 is 5.25. The SMILES string of the molecule is COc1ccc(CCN2C(=O)N(CC(C)C)C(=O)C23CCN(Cc2cccnc2)CC3)cc1. The van der Waals surface area contributed by atoms with Crippen LogP contribution in [0.2, 0.25) is 0 Å². The fraction of sp³-hybridized carbons (Fsp3) is 0.500. The number of likely N-dealkylation sites (tertiary alicyclic amines) is 1. The molecule has 0 N–H and O–H groups in total. The van der Waals surface area contributed by atoms with Gasteiger partial charge in [0.1, 0.15) is 11.3 Å². The van der Waals surface area contributed by atoms with Crippen LogP contribution in [0.25, 0.3) is 0 Å². The number of benzene rings is 1. The molecule has 4 rings (SSSR count). The average molecular weight is 451 g/mol. The molecular weight excluding hydrogens is 416 g/mol. The Kier molecular flexibility index (Phi) is 6.98. The van der Waals surface area contributed by atoms with E-state index in [9.17, 15) is 9.59 Å². The number of ether oxygens (including phenoxy) is 1. The first-order valence-corrected chi connectivity index (χ1v) is 11.8. The number of hydrogen-bond acceptors (Lipinski definition) is 5. The predicted molar refractivity (Wildman–Crippen MR) is 127 cm³/mol. The lowest BCUT2D eigenvalue weighted by Crippen LogP contribution is -2.56. The third-order valence-corrected chi connectivity index (χ3v) is 6.76. The van der Waals surface area contributed by atoms with Gasteiger partial charge in [0.2, 0.25) is 0 Å². The number of methoxy groups -OCH3 is 1. The van der Waals surface area contributed by atoms with Crippen molar-refractivity contribution in [3.05, 3.63) is 59.9 Å². The summed E-state index contributed by atoms with van der Waals surface area (Å²) in [5.74, 6) is 1.03. The van der Waals surface area contributed by atoms with Crippen molar-refractivity contribution in [2.45, 2.75) is 45.2 Å². The topological polar surface area (TPSA) is 66.0 Å². The van der Waals surface area contributed by atoms with E-state index in [2.05, 4.69) is 16.0 Å². The molecule has 2 aliphatic heterocycles. The van der Waals surface area contributed by atoms with Gasteiger partial charge in [-0.1, -0.05) is 32.0 Å². The molecule has 1 aromatic heterocycles. The molecule has 0 atom stereocenters. The predicted octanol–water partition coefficient (Wildman–Crippen LogP) is 3.59. The monoisotopic (exact) mass is 450 g/mol. The summed E-state index contributed by atoms with van der Waals surface area (Å²) in [6.45, 7) is 7.47. The maximum absolute atomic E-state index is 13.6. The Hall–Kier alpha value is -2.93. The van der Waals surface area contributed by atoms with Crippen LogP contribution < -0.4 is 4.74 Å². The van der Waals surface area contributed by atoms with Crippen LogP contribution in [-0.4, -0.2) is 70.4 Å². The molecule has 0 bridgehead atoms. The van der Waals surface area contributed by atoms with Gasteiger partial charge in [0.05, 0.1) is 7.11 Å². The molecule has 3 amide bonds. The molecule has 0 saturated carbocycles. The zero-order valence-electron chi connectivity index (χ0n) is 19.9. The molecule has 0 radical (unpaired) electrons. The average Bonchev–Trinajstić information content (AvgIpc) is 3.01. The van der Waals surface area contributed by atoms with Gasteiger partial charge in [-0.3, -0.25) is 19.6 Å². The van der Waals surface area contributed by atoms with E-state index in [1.54, 1.807) is 13.3 Å². The number of nitrogens with zero attached hydrogens (tertiary/aromatic N) is 4. The number of hydrogen-bond donors (Lipinski definition) is 0. The van der Waals surface area contributed by atoms with E-state index in [1.165, 1.54) is 10.5 Å². The van der Waals surface area contributed by atoms with Gasteiger partial charge in [-0.2, -0.15) is 0 Å². The summed E-state index contributed by atoms with van der Waals surface area (Å²) in [7, 11) is 1.65. The summed E-state index contributed by atoms with van der Waals surface area (Å²) in [4.78, 5) is 36.9. The molecular formula is C26H34N4O3. The van der Waals surface area contributed by atoms with Crippen molar-refractivity contribution in [2.24, 2.45) is 5.92 Å². The number of piperidine rings is 1. The first-order valence-electron chi connectivity index (χ1n) is 11.8. The molecule has 2 fully saturated rings. The van der Waals surface area contributed by atoms with E-state index in [0.29, 0.717) is 32.4 Å². The normalized spacial score (nSPS) is 18.5. The van der Waals surface area contributed by atoms with Gasteiger partial charge in [-0.15, -0.1) is 0 Å². The second-order valence-corrected chi connectivity index (χ2v) is 9.51. The van der Waals surface area contributed by atoms with Gasteiger partial charge in [0, 0.05) is 45.1 Å². The molecule has 33 heavy (non-hydrogen) atoms. The summed E-state index contributed by atoms with van der Waals surface area (Å²) in [6, 6.07) is 11.8. The molecule has 1 spiro atoms. The van der Waals surface area contributed by atoms with Crippen molar-refractivity contribution in [1.82, 2.24) is 19.7 Å². The van der Waals surface area contributed by atoms with Crippen molar-refractivity contribution in [3.8, 4) is 5.75 Å². The van der Waals surface area contributed by atoms with Crippen LogP contribution in [0, 0.1) is 5.92 Å². The van der Waals surface area contributed by atoms with Crippen molar-refractivity contribution in [3.63, 3.8) is 0 Å². The second kappa shape index (κ2) is 9.91. The summed E-state index contributed by atoms with van der Waals surface area (Å²) in [6.07, 6.45) is 5.70. The Morgan fingerprint density at radius 1 is 1.06 bits per heavy atom. The van der Waals surface area contributed by atoms with Gasteiger partial charge >= 0.3 is 6.03 Å². The summed E-state index contributed by atoms with van der Waals surface area (Å²) in [5, 5.41) is 0. The van der Waals surface area contributed by atoms with E-state index in [0.717, 1.165) is 30.9 Å². The molecule has 7 nitrogen and oxygen atoms in total. The maximum atomic E-state index is 13.6. The van der Waals surface area contributed by atoms with E-state index >= 15 is 0 Å². The molecule has 176 valence electrons. The Bertz CT molecular complexity index is 953. The number of rotatable bonds is 8. The lowest BCUT2D eigenvalue weighted by Gasteiger charge is -2.42. The largest absolute Gasteiger partial charge is 0.497 e. The quantitative estimate of drug-likeness (QED) is 0.575. The number of pyridine rings is 1. The highest BCUT2D eigenvalue weighted by Crippen LogP contribution is 2.38. The molecule has 2 saturated heterocycles. The Labute approximate surface area is 196 Å². The van der Waals surface area contributed by atoms with Gasteiger partial charge in [-0.05, 0) is 54.5 Å². The summed E-state index contributed by atoms with van der Waals surface area (Å²) >= 11 is 0. The zero-order valence-corrected chi connectivity index (χ0v) is 19.9. The highest BCUT2D eigenvalue weighted by molar-refractivity contribution is 6.07. The third kappa shape index (κ3) is 4.88. The van der Waals surface area contributed by atoms with Crippen LogP contribution in [0.4, 0.5) is 4.79 Å². The van der Waals surface area contributed by atoms with E-state index < -0.39 is 5.54 Å². The van der Waals surface area contributed by atoms with Crippen LogP contribution in [0.5, 0.6) is 5.75 Å². The number of imide groups is 1. The Morgan fingerprint density at radius 3 is 2.39 bits per heavy atom. The van der Waals surface area contributed by atoms with Gasteiger partial charge in [0.15, 0.2) is 0 Å². The number of carbonyl (C=O) groups is 2. The Morgan fingerprint density at radius 2 is 1.79 bits per heavy atom. The molecule has 3 heterocycles. The molecule has 7 heteroatoms. The molecule has 2 aliphatic rings. The van der Waals surface area contributed by atoms with Crippen molar-refractivity contribution >= 4 is 11.9 Å². The second-order valence-electron chi connectivity index (χ2n) is 9.51. The number of amides is 3. The lowest BCUT2D eigenvalue weighted by atomic mass is 9.85. The lowest BCUT2D eigenvalue weighted by molar-refractivity contribution is -0.136. The first kappa shape index (κ1) is 23.2. The fourth-order valence-corrected chi connectivity index (χ4v) is 4.97. The molecule has 2 aromatic rings. The molecule has 1 aromatic carbocycles. The van der Waals surface area contributed by atoms with Crippen LogP contribution in [0.15, 0.2) is 48.8 Å². The third-order valence-electron chi connectivity index (χ3n) is 6.76. The van der Waals surface area contributed by atoms with Crippen molar-refractivity contribution in [2.75, 3.05) is 33.3 Å². The summed E-state index contributed by atoms with van der Waals surface area (Å²) in [5.41, 5.74) is 1.56. The van der Waals surface area contributed by atoms with Crippen LogP contribution >= 0.6 is 0 Å². The highest BCUT2D eigenvalue weighted by atomic mass is 16.5.